The Kier molecular flexibility index (Phi) is 6.42. The highest BCUT2D eigenvalue weighted by Gasteiger charge is 2.20. The molecular formula is C20H24N2O3. The smallest absolute Gasteiger partial charge is 0.250 e. The first-order chi connectivity index (χ1) is 12.3. The maximum atomic E-state index is 12.0. The third-order valence-electron chi connectivity index (χ3n) is 4.10. The van der Waals surface area contributed by atoms with Crippen molar-refractivity contribution in [1.29, 1.82) is 0 Å². The Bertz CT molecular complexity index is 652. The highest BCUT2D eigenvalue weighted by molar-refractivity contribution is 5.81. The van der Waals surface area contributed by atoms with E-state index in [-0.39, 0.29) is 12.0 Å². The molecule has 1 saturated heterocycles. The Labute approximate surface area is 148 Å². The lowest BCUT2D eigenvalue weighted by atomic mass is 10.1. The van der Waals surface area contributed by atoms with E-state index in [9.17, 15) is 4.79 Å². The van der Waals surface area contributed by atoms with Crippen LogP contribution in [0.5, 0.6) is 5.75 Å². The molecule has 0 aromatic heterocycles. The lowest BCUT2D eigenvalue weighted by Crippen LogP contribution is -2.48. The third kappa shape index (κ3) is 5.59. The number of nitrogens with one attached hydrogen (secondary N) is 2. The standard InChI is InChI=1S/C20H24N2O3/c23-20(19-14-21-12-13-24-19)22-11-10-16-6-8-18(9-7-16)25-15-17-4-2-1-3-5-17/h1-9,19,21H,10-15H2,(H,22,23). The molecular weight excluding hydrogens is 316 g/mol. The molecule has 0 saturated carbocycles. The van der Waals surface area contributed by atoms with Crippen LogP contribution in [-0.4, -0.2) is 38.3 Å². The molecule has 25 heavy (non-hydrogen) atoms. The first-order valence-corrected chi connectivity index (χ1v) is 8.67. The fourth-order valence-electron chi connectivity index (χ4n) is 2.67. The van der Waals surface area contributed by atoms with Crippen LogP contribution < -0.4 is 15.4 Å². The van der Waals surface area contributed by atoms with Crippen molar-refractivity contribution >= 4 is 5.91 Å². The number of hydrogen-bond acceptors (Lipinski definition) is 4. The molecule has 2 aromatic rings. The van der Waals surface area contributed by atoms with Gasteiger partial charge in [0.05, 0.1) is 6.61 Å². The maximum Gasteiger partial charge on any atom is 0.250 e. The van der Waals surface area contributed by atoms with Gasteiger partial charge in [0, 0.05) is 19.6 Å². The van der Waals surface area contributed by atoms with Crippen LogP contribution in [0.25, 0.3) is 0 Å². The fraction of sp³-hybridized carbons (Fsp3) is 0.350. The van der Waals surface area contributed by atoms with Crippen LogP contribution in [-0.2, 0) is 22.6 Å². The van der Waals surface area contributed by atoms with E-state index in [4.69, 9.17) is 9.47 Å². The highest BCUT2D eigenvalue weighted by atomic mass is 16.5. The van der Waals surface area contributed by atoms with Crippen LogP contribution in [0.4, 0.5) is 0 Å². The van der Waals surface area contributed by atoms with Crippen LogP contribution in [0.1, 0.15) is 11.1 Å². The molecule has 5 heteroatoms. The van der Waals surface area contributed by atoms with Crippen LogP contribution in [0.2, 0.25) is 0 Å². The van der Waals surface area contributed by atoms with Gasteiger partial charge in [0.2, 0.25) is 5.91 Å². The lowest BCUT2D eigenvalue weighted by molar-refractivity contribution is -0.134. The molecule has 0 aliphatic carbocycles. The third-order valence-corrected chi connectivity index (χ3v) is 4.10. The summed E-state index contributed by atoms with van der Waals surface area (Å²) in [5.74, 6) is 0.799. The van der Waals surface area contributed by atoms with Gasteiger partial charge in [0.1, 0.15) is 18.5 Å². The Balaban J connectivity index is 1.39. The molecule has 132 valence electrons. The summed E-state index contributed by atoms with van der Waals surface area (Å²) in [5, 5.41) is 6.08. The lowest BCUT2D eigenvalue weighted by Gasteiger charge is -2.22. The molecule has 2 aromatic carbocycles. The summed E-state index contributed by atoms with van der Waals surface area (Å²) >= 11 is 0. The first kappa shape index (κ1) is 17.5. The summed E-state index contributed by atoms with van der Waals surface area (Å²) in [6, 6.07) is 18.1. The molecule has 0 bridgehead atoms. The summed E-state index contributed by atoms with van der Waals surface area (Å²) in [4.78, 5) is 12.0. The minimum atomic E-state index is -0.373. The summed E-state index contributed by atoms with van der Waals surface area (Å²) in [5.41, 5.74) is 2.31. The predicted octanol–water partition coefficient (Wildman–Crippen LogP) is 1.91. The molecule has 1 aliphatic heterocycles. The van der Waals surface area contributed by atoms with Gasteiger partial charge in [-0.3, -0.25) is 4.79 Å². The Morgan fingerprint density at radius 2 is 1.92 bits per heavy atom. The van der Waals surface area contributed by atoms with E-state index in [2.05, 4.69) is 10.6 Å². The van der Waals surface area contributed by atoms with Crippen molar-refractivity contribution in [2.24, 2.45) is 0 Å². The normalized spacial score (nSPS) is 17.0. The molecule has 0 spiro atoms. The van der Waals surface area contributed by atoms with Crippen molar-refractivity contribution < 1.29 is 14.3 Å². The van der Waals surface area contributed by atoms with Gasteiger partial charge >= 0.3 is 0 Å². The Morgan fingerprint density at radius 1 is 1.12 bits per heavy atom. The maximum absolute atomic E-state index is 12.0. The minimum Gasteiger partial charge on any atom is -0.489 e. The molecule has 0 radical (unpaired) electrons. The van der Waals surface area contributed by atoms with Gasteiger partial charge < -0.3 is 20.1 Å². The van der Waals surface area contributed by atoms with Gasteiger partial charge in [-0.15, -0.1) is 0 Å². The Morgan fingerprint density at radius 3 is 2.64 bits per heavy atom. The minimum absolute atomic E-state index is 0.0463. The second-order valence-corrected chi connectivity index (χ2v) is 6.02. The summed E-state index contributed by atoms with van der Waals surface area (Å²) in [7, 11) is 0. The van der Waals surface area contributed by atoms with Gasteiger partial charge in [0.15, 0.2) is 0 Å². The average molecular weight is 340 g/mol. The number of ether oxygens (including phenoxy) is 2. The average Bonchev–Trinajstić information content (AvgIpc) is 2.69. The molecule has 1 amide bonds. The molecule has 3 rings (SSSR count). The predicted molar refractivity (Wildman–Crippen MR) is 96.5 cm³/mol. The zero-order valence-corrected chi connectivity index (χ0v) is 14.2. The van der Waals surface area contributed by atoms with Gasteiger partial charge in [-0.05, 0) is 29.7 Å². The second-order valence-electron chi connectivity index (χ2n) is 6.02. The van der Waals surface area contributed by atoms with Gasteiger partial charge in [-0.25, -0.2) is 0 Å². The van der Waals surface area contributed by atoms with E-state index in [1.54, 1.807) is 0 Å². The number of morpholine rings is 1. The highest BCUT2D eigenvalue weighted by Crippen LogP contribution is 2.14. The van der Waals surface area contributed by atoms with E-state index in [0.717, 1.165) is 29.8 Å². The van der Waals surface area contributed by atoms with E-state index >= 15 is 0 Å². The van der Waals surface area contributed by atoms with Gasteiger partial charge in [0.25, 0.3) is 0 Å². The molecule has 1 aliphatic rings. The SMILES string of the molecule is O=C(NCCc1ccc(OCc2ccccc2)cc1)C1CNCCO1. The first-order valence-electron chi connectivity index (χ1n) is 8.67. The summed E-state index contributed by atoms with van der Waals surface area (Å²) in [6.45, 7) is 3.14. The van der Waals surface area contributed by atoms with Crippen molar-refractivity contribution in [3.8, 4) is 5.75 Å². The van der Waals surface area contributed by atoms with E-state index in [0.29, 0.717) is 26.3 Å². The molecule has 1 fully saturated rings. The van der Waals surface area contributed by atoms with Crippen LogP contribution in [0, 0.1) is 0 Å². The quantitative estimate of drug-likeness (QED) is 0.808. The van der Waals surface area contributed by atoms with E-state index < -0.39 is 0 Å². The van der Waals surface area contributed by atoms with Crippen LogP contribution in [0.3, 0.4) is 0 Å². The Hall–Kier alpha value is -2.37. The topological polar surface area (TPSA) is 59.6 Å². The second kappa shape index (κ2) is 9.20. The van der Waals surface area contributed by atoms with E-state index in [1.165, 1.54) is 0 Å². The van der Waals surface area contributed by atoms with Crippen molar-refractivity contribution in [3.05, 3.63) is 65.7 Å². The molecule has 1 unspecified atom stereocenters. The largest absolute Gasteiger partial charge is 0.489 e. The molecule has 1 atom stereocenters. The van der Waals surface area contributed by atoms with Gasteiger partial charge in [-0.2, -0.15) is 0 Å². The van der Waals surface area contributed by atoms with Gasteiger partial charge in [-0.1, -0.05) is 42.5 Å². The number of amides is 1. The van der Waals surface area contributed by atoms with E-state index in [1.807, 2.05) is 54.6 Å². The van der Waals surface area contributed by atoms with Crippen molar-refractivity contribution in [2.75, 3.05) is 26.2 Å². The van der Waals surface area contributed by atoms with Crippen LogP contribution in [0.15, 0.2) is 54.6 Å². The molecule has 1 heterocycles. The monoisotopic (exact) mass is 340 g/mol. The number of hydrogen-bond donors (Lipinski definition) is 2. The summed E-state index contributed by atoms with van der Waals surface area (Å²) < 4.78 is 11.2. The molecule has 5 nitrogen and oxygen atoms in total. The number of benzene rings is 2. The van der Waals surface area contributed by atoms with Crippen molar-refractivity contribution in [3.63, 3.8) is 0 Å². The zero-order chi connectivity index (χ0) is 17.3. The zero-order valence-electron chi connectivity index (χ0n) is 14.2. The fourth-order valence-corrected chi connectivity index (χ4v) is 2.67. The summed E-state index contributed by atoms with van der Waals surface area (Å²) in [6.07, 6.45) is 0.410. The van der Waals surface area contributed by atoms with Crippen molar-refractivity contribution in [2.45, 2.75) is 19.1 Å². The van der Waals surface area contributed by atoms with Crippen LogP contribution >= 0.6 is 0 Å². The van der Waals surface area contributed by atoms with Crippen molar-refractivity contribution in [1.82, 2.24) is 10.6 Å². The number of carbonyl (C=O) groups is 1. The number of rotatable bonds is 7. The molecule has 2 N–H and O–H groups in total. The number of carbonyl (C=O) groups excluding carboxylic acids is 1.